The quantitative estimate of drug-likeness (QED) is 0.521. The molecule has 0 aromatic heterocycles. The molecule has 2 aliphatic rings. The molecule has 1 spiro atoms. The molecule has 1 fully saturated rings. The Bertz CT molecular complexity index is 1060. The molecule has 1 atom stereocenters. The van der Waals surface area contributed by atoms with Gasteiger partial charge in [0.1, 0.15) is 17.2 Å². The summed E-state index contributed by atoms with van der Waals surface area (Å²) in [4.78, 5) is 23.8. The Morgan fingerprint density at radius 2 is 1.70 bits per heavy atom. The average molecular weight is 525 g/mol. The Hall–Kier alpha value is -3.14. The van der Waals surface area contributed by atoms with Crippen LogP contribution in [0.15, 0.2) is 48.5 Å². The molecule has 2 aromatic rings. The Kier molecular flexibility index (Phi) is 9.17. The van der Waals surface area contributed by atoms with Crippen LogP contribution >= 0.6 is 0 Å². The number of carboxylic acids is 1. The van der Waals surface area contributed by atoms with Gasteiger partial charge in [0.25, 0.3) is 0 Å². The molecule has 2 aromatic carbocycles. The predicted octanol–water partition coefficient (Wildman–Crippen LogP) is 5.27. The maximum absolute atomic E-state index is 13.2. The third-order valence-electron chi connectivity index (χ3n) is 6.51. The van der Waals surface area contributed by atoms with Gasteiger partial charge in [0, 0.05) is 38.0 Å². The fourth-order valence-electron chi connectivity index (χ4n) is 4.80. The minimum Gasteiger partial charge on any atom is -0.487 e. The van der Waals surface area contributed by atoms with Crippen LogP contribution in [0.3, 0.4) is 0 Å². The zero-order valence-corrected chi connectivity index (χ0v) is 20.9. The number of likely N-dealkylation sites (tertiary alicyclic amines) is 1. The van der Waals surface area contributed by atoms with E-state index in [1.807, 2.05) is 44.2 Å². The van der Waals surface area contributed by atoms with E-state index in [4.69, 9.17) is 14.6 Å². The number of hydrogen-bond acceptors (Lipinski definition) is 4. The van der Waals surface area contributed by atoms with Gasteiger partial charge in [-0.05, 0) is 62.4 Å². The van der Waals surface area contributed by atoms with Crippen molar-refractivity contribution in [3.8, 4) is 5.75 Å². The standard InChI is InChI=1S/C25H31FN2O2.C2HF3O2/c1-18(2)27-24(29)15-20-16-25(30-23-6-4-3-5-22(20)23)11-13-28(14-12-25)17-19-7-9-21(26)10-8-19;3-2(4,5)1(6)7/h3-10,18,20H,11-17H2,1-2H3,(H,27,29);(H,6,7). The largest absolute Gasteiger partial charge is 0.490 e. The second-order valence-corrected chi connectivity index (χ2v) is 9.86. The number of carboxylic acid groups (broad SMARTS) is 1. The Morgan fingerprint density at radius 1 is 1.11 bits per heavy atom. The number of fused-ring (bicyclic) bond motifs is 1. The number of nitrogens with one attached hydrogen (secondary N) is 1. The van der Waals surface area contributed by atoms with Gasteiger partial charge in [-0.1, -0.05) is 30.3 Å². The normalized spacial score (nSPS) is 18.8. The van der Waals surface area contributed by atoms with Gasteiger partial charge in [-0.25, -0.2) is 9.18 Å². The highest BCUT2D eigenvalue weighted by atomic mass is 19.4. The monoisotopic (exact) mass is 524 g/mol. The van der Waals surface area contributed by atoms with E-state index in [-0.39, 0.29) is 29.3 Å². The lowest BCUT2D eigenvalue weighted by atomic mass is 9.76. The molecule has 2 aliphatic heterocycles. The molecular formula is C27H32F4N2O4. The number of halogens is 4. The molecular weight excluding hydrogens is 492 g/mol. The fraction of sp³-hybridized carbons (Fsp3) is 0.481. The van der Waals surface area contributed by atoms with Gasteiger partial charge < -0.3 is 15.2 Å². The van der Waals surface area contributed by atoms with Crippen LogP contribution in [0.1, 0.15) is 56.6 Å². The maximum Gasteiger partial charge on any atom is 0.490 e. The first-order valence-electron chi connectivity index (χ1n) is 12.2. The number of alkyl halides is 3. The molecule has 2 N–H and O–H groups in total. The van der Waals surface area contributed by atoms with Crippen LogP contribution in [0.5, 0.6) is 5.75 Å². The van der Waals surface area contributed by atoms with E-state index in [1.165, 1.54) is 12.1 Å². The summed E-state index contributed by atoms with van der Waals surface area (Å²) in [5.74, 6) is -1.74. The first-order chi connectivity index (χ1) is 17.4. The lowest BCUT2D eigenvalue weighted by Crippen LogP contribution is -2.50. The molecule has 1 saturated heterocycles. The first-order valence-corrected chi connectivity index (χ1v) is 12.2. The van der Waals surface area contributed by atoms with Crippen molar-refractivity contribution in [2.75, 3.05) is 13.1 Å². The maximum atomic E-state index is 13.2. The number of piperidine rings is 1. The summed E-state index contributed by atoms with van der Waals surface area (Å²) in [6.07, 6.45) is -1.84. The summed E-state index contributed by atoms with van der Waals surface area (Å²) in [6, 6.07) is 15.1. The summed E-state index contributed by atoms with van der Waals surface area (Å²) in [6.45, 7) is 6.68. The van der Waals surface area contributed by atoms with E-state index in [0.717, 1.165) is 55.8 Å². The van der Waals surface area contributed by atoms with Crippen molar-refractivity contribution in [2.24, 2.45) is 0 Å². The number of rotatable bonds is 5. The SMILES string of the molecule is CC(C)NC(=O)CC1CC2(CCN(Cc3ccc(F)cc3)CC2)Oc2ccccc21.O=C(O)C(F)(F)F. The van der Waals surface area contributed by atoms with E-state index in [0.29, 0.717) is 6.42 Å². The van der Waals surface area contributed by atoms with Crippen molar-refractivity contribution in [3.63, 3.8) is 0 Å². The van der Waals surface area contributed by atoms with E-state index in [1.54, 1.807) is 0 Å². The highest BCUT2D eigenvalue weighted by molar-refractivity contribution is 5.77. The highest BCUT2D eigenvalue weighted by Gasteiger charge is 2.43. The second-order valence-electron chi connectivity index (χ2n) is 9.86. The number of nitrogens with zero attached hydrogens (tertiary/aromatic N) is 1. The van der Waals surface area contributed by atoms with Crippen molar-refractivity contribution in [3.05, 3.63) is 65.5 Å². The molecule has 37 heavy (non-hydrogen) atoms. The second kappa shape index (κ2) is 11.9. The van der Waals surface area contributed by atoms with Gasteiger partial charge >= 0.3 is 12.1 Å². The van der Waals surface area contributed by atoms with Gasteiger partial charge in [0.05, 0.1) is 0 Å². The van der Waals surface area contributed by atoms with Gasteiger partial charge in [0.15, 0.2) is 0 Å². The van der Waals surface area contributed by atoms with E-state index >= 15 is 0 Å². The summed E-state index contributed by atoms with van der Waals surface area (Å²) in [7, 11) is 0. The van der Waals surface area contributed by atoms with Gasteiger partial charge in [-0.2, -0.15) is 13.2 Å². The lowest BCUT2D eigenvalue weighted by molar-refractivity contribution is -0.192. The molecule has 6 nitrogen and oxygen atoms in total. The van der Waals surface area contributed by atoms with Crippen molar-refractivity contribution >= 4 is 11.9 Å². The first kappa shape index (κ1) is 28.4. The Labute approximate surface area is 213 Å². The molecule has 202 valence electrons. The topological polar surface area (TPSA) is 78.9 Å². The molecule has 1 amide bonds. The number of amides is 1. The molecule has 10 heteroatoms. The van der Waals surface area contributed by atoms with Gasteiger partial charge in [-0.15, -0.1) is 0 Å². The number of carbonyl (C=O) groups is 2. The molecule has 0 bridgehead atoms. The summed E-state index contributed by atoms with van der Waals surface area (Å²) < 4.78 is 51.5. The molecule has 1 unspecified atom stereocenters. The van der Waals surface area contributed by atoms with Crippen molar-refractivity contribution in [1.29, 1.82) is 0 Å². The van der Waals surface area contributed by atoms with Crippen molar-refractivity contribution in [2.45, 2.75) is 69.8 Å². The van der Waals surface area contributed by atoms with E-state index in [9.17, 15) is 22.4 Å². The summed E-state index contributed by atoms with van der Waals surface area (Å²) in [5.41, 5.74) is 2.07. The molecule has 2 heterocycles. The van der Waals surface area contributed by atoms with Crippen LogP contribution in [0.25, 0.3) is 0 Å². The number of benzene rings is 2. The average Bonchev–Trinajstić information content (AvgIpc) is 2.81. The van der Waals surface area contributed by atoms with Crippen LogP contribution in [-0.2, 0) is 16.1 Å². The van der Waals surface area contributed by atoms with Crippen molar-refractivity contribution in [1.82, 2.24) is 10.2 Å². The highest BCUT2D eigenvalue weighted by Crippen LogP contribution is 2.46. The molecule has 0 aliphatic carbocycles. The van der Waals surface area contributed by atoms with Crippen LogP contribution in [0, 0.1) is 5.82 Å². The summed E-state index contributed by atoms with van der Waals surface area (Å²) in [5, 5.41) is 10.2. The van der Waals surface area contributed by atoms with Crippen molar-refractivity contribution < 1.29 is 37.0 Å². The van der Waals surface area contributed by atoms with Crippen LogP contribution < -0.4 is 10.1 Å². The number of carbonyl (C=O) groups excluding carboxylic acids is 1. The lowest BCUT2D eigenvalue weighted by Gasteiger charge is -2.47. The predicted molar refractivity (Wildman–Crippen MR) is 130 cm³/mol. The smallest absolute Gasteiger partial charge is 0.487 e. The van der Waals surface area contributed by atoms with Gasteiger partial charge in [-0.3, -0.25) is 9.69 Å². The third kappa shape index (κ3) is 8.18. The zero-order chi connectivity index (χ0) is 27.2. The zero-order valence-electron chi connectivity index (χ0n) is 20.9. The molecule has 0 radical (unpaired) electrons. The molecule has 0 saturated carbocycles. The number of ether oxygens (including phenoxy) is 1. The fourth-order valence-corrected chi connectivity index (χ4v) is 4.80. The van der Waals surface area contributed by atoms with E-state index < -0.39 is 12.1 Å². The summed E-state index contributed by atoms with van der Waals surface area (Å²) >= 11 is 0. The van der Waals surface area contributed by atoms with Crippen LogP contribution in [0.4, 0.5) is 17.6 Å². The van der Waals surface area contributed by atoms with E-state index in [2.05, 4.69) is 16.3 Å². The third-order valence-corrected chi connectivity index (χ3v) is 6.51. The van der Waals surface area contributed by atoms with Gasteiger partial charge in [0.2, 0.25) is 5.91 Å². The minimum absolute atomic E-state index is 0.107. The van der Waals surface area contributed by atoms with Crippen LogP contribution in [-0.4, -0.2) is 52.8 Å². The number of aliphatic carboxylic acids is 1. The Balaban J connectivity index is 0.000000479. The number of hydrogen-bond donors (Lipinski definition) is 2. The minimum atomic E-state index is -5.08. The Morgan fingerprint density at radius 3 is 2.27 bits per heavy atom. The molecule has 4 rings (SSSR count). The number of para-hydroxylation sites is 1. The van der Waals surface area contributed by atoms with Crippen LogP contribution in [0.2, 0.25) is 0 Å².